The highest BCUT2D eigenvalue weighted by molar-refractivity contribution is 7.08. The molecule has 0 bridgehead atoms. The van der Waals surface area contributed by atoms with Crippen LogP contribution in [0.1, 0.15) is 54.9 Å². The molecule has 0 spiro atoms. The van der Waals surface area contributed by atoms with Gasteiger partial charge in [-0.15, -0.1) is 5.10 Å². The van der Waals surface area contributed by atoms with E-state index in [1.54, 1.807) is 0 Å². The van der Waals surface area contributed by atoms with Crippen molar-refractivity contribution in [2.24, 2.45) is 0 Å². The minimum absolute atomic E-state index is 0.0715. The van der Waals surface area contributed by atoms with Crippen LogP contribution in [0.25, 0.3) is 0 Å². The van der Waals surface area contributed by atoms with E-state index in [1.165, 1.54) is 12.8 Å². The van der Waals surface area contributed by atoms with Crippen LogP contribution in [0.15, 0.2) is 0 Å². The van der Waals surface area contributed by atoms with Gasteiger partial charge in [-0.2, -0.15) is 0 Å². The highest BCUT2D eigenvalue weighted by Crippen LogP contribution is 2.32. The van der Waals surface area contributed by atoms with Gasteiger partial charge >= 0.3 is 0 Å². The highest BCUT2D eigenvalue weighted by atomic mass is 32.1. The molecule has 1 fully saturated rings. The van der Waals surface area contributed by atoms with Crippen molar-refractivity contribution in [2.75, 3.05) is 13.2 Å². The maximum absolute atomic E-state index is 12.2. The fourth-order valence-electron chi connectivity index (χ4n) is 2.63. The van der Waals surface area contributed by atoms with Gasteiger partial charge in [0.2, 0.25) is 0 Å². The van der Waals surface area contributed by atoms with Crippen molar-refractivity contribution in [1.29, 1.82) is 0 Å². The highest BCUT2D eigenvalue weighted by Gasteiger charge is 2.35. The van der Waals surface area contributed by atoms with Gasteiger partial charge in [-0.3, -0.25) is 4.79 Å². The average molecular weight is 283 g/mol. The fourth-order valence-corrected chi connectivity index (χ4v) is 3.30. The first-order valence-corrected chi connectivity index (χ1v) is 7.71. The molecule has 1 heterocycles. The quantitative estimate of drug-likeness (QED) is 0.869. The number of nitrogens with zero attached hydrogens (tertiary/aromatic N) is 2. The van der Waals surface area contributed by atoms with Crippen molar-refractivity contribution in [2.45, 2.75) is 51.6 Å². The third-order valence-corrected chi connectivity index (χ3v) is 4.40. The summed E-state index contributed by atoms with van der Waals surface area (Å²) in [5.74, 6) is -0.0715. The SMILES string of the molecule is CCOC1(CNC(=O)c2snnc2CC)CCCC1. The molecule has 5 nitrogen and oxygen atoms in total. The van der Waals surface area contributed by atoms with Gasteiger partial charge in [0.25, 0.3) is 5.91 Å². The molecule has 0 saturated heterocycles. The lowest BCUT2D eigenvalue weighted by Gasteiger charge is -2.29. The number of aryl methyl sites for hydroxylation is 1. The van der Waals surface area contributed by atoms with Gasteiger partial charge in [0.15, 0.2) is 0 Å². The second-order valence-electron chi connectivity index (χ2n) is 4.91. The average Bonchev–Trinajstić information content (AvgIpc) is 3.05. The zero-order chi connectivity index (χ0) is 13.7. The van der Waals surface area contributed by atoms with Crippen molar-refractivity contribution in [3.63, 3.8) is 0 Å². The Labute approximate surface area is 117 Å². The van der Waals surface area contributed by atoms with Crippen LogP contribution in [0.3, 0.4) is 0 Å². The predicted octanol–water partition coefficient (Wildman–Crippen LogP) is 2.18. The monoisotopic (exact) mass is 283 g/mol. The van der Waals surface area contributed by atoms with Gasteiger partial charge in [0.05, 0.1) is 11.3 Å². The molecule has 0 atom stereocenters. The van der Waals surface area contributed by atoms with E-state index in [4.69, 9.17) is 4.74 Å². The molecule has 0 radical (unpaired) electrons. The molecule has 6 heteroatoms. The third kappa shape index (κ3) is 3.30. The molecule has 1 aliphatic rings. The van der Waals surface area contributed by atoms with E-state index in [2.05, 4.69) is 14.9 Å². The number of hydrogen-bond acceptors (Lipinski definition) is 5. The summed E-state index contributed by atoms with van der Waals surface area (Å²) in [7, 11) is 0. The van der Waals surface area contributed by atoms with Gasteiger partial charge in [0.1, 0.15) is 4.88 Å². The lowest BCUT2D eigenvalue weighted by atomic mass is 10.0. The second kappa shape index (κ2) is 6.43. The molecular formula is C13H21N3O2S. The molecule has 0 aromatic carbocycles. The van der Waals surface area contributed by atoms with Gasteiger partial charge in [-0.05, 0) is 37.7 Å². The summed E-state index contributed by atoms with van der Waals surface area (Å²) < 4.78 is 9.72. The Morgan fingerprint density at radius 3 is 2.79 bits per heavy atom. The van der Waals surface area contributed by atoms with Crippen molar-refractivity contribution in [1.82, 2.24) is 14.9 Å². The van der Waals surface area contributed by atoms with E-state index in [0.29, 0.717) is 18.0 Å². The lowest BCUT2D eigenvalue weighted by molar-refractivity contribution is -0.0315. The maximum Gasteiger partial charge on any atom is 0.265 e. The first kappa shape index (κ1) is 14.4. The Hall–Kier alpha value is -1.01. The molecule has 0 aliphatic heterocycles. The number of carbonyl (C=O) groups excluding carboxylic acids is 1. The van der Waals surface area contributed by atoms with Crippen LogP contribution in [-0.4, -0.2) is 34.2 Å². The molecule has 106 valence electrons. The fraction of sp³-hybridized carbons (Fsp3) is 0.769. The number of carbonyl (C=O) groups is 1. The Kier molecular flexibility index (Phi) is 4.87. The van der Waals surface area contributed by atoms with Gasteiger partial charge in [-0.1, -0.05) is 24.3 Å². The van der Waals surface area contributed by atoms with Crippen LogP contribution in [0.2, 0.25) is 0 Å². The maximum atomic E-state index is 12.2. The van der Waals surface area contributed by atoms with E-state index >= 15 is 0 Å². The van der Waals surface area contributed by atoms with Crippen LogP contribution < -0.4 is 5.32 Å². The first-order chi connectivity index (χ1) is 9.21. The molecule has 1 saturated carbocycles. The standard InChI is InChI=1S/C13H21N3O2S/c1-3-10-11(19-16-15-10)12(17)14-9-13(18-4-2)7-5-6-8-13/h3-9H2,1-2H3,(H,14,17). The number of hydrogen-bond donors (Lipinski definition) is 1. The van der Waals surface area contributed by atoms with E-state index in [1.807, 2.05) is 13.8 Å². The first-order valence-electron chi connectivity index (χ1n) is 6.94. The largest absolute Gasteiger partial charge is 0.373 e. The molecule has 19 heavy (non-hydrogen) atoms. The summed E-state index contributed by atoms with van der Waals surface area (Å²) >= 11 is 1.16. The lowest BCUT2D eigenvalue weighted by Crippen LogP contribution is -2.43. The molecule has 1 aromatic rings. The van der Waals surface area contributed by atoms with Crippen LogP contribution in [-0.2, 0) is 11.2 Å². The van der Waals surface area contributed by atoms with Crippen molar-refractivity contribution >= 4 is 17.4 Å². The number of ether oxygens (including phenoxy) is 1. The molecule has 1 amide bonds. The number of rotatable bonds is 6. The van der Waals surface area contributed by atoms with Crippen LogP contribution in [0.5, 0.6) is 0 Å². The minimum atomic E-state index is -0.158. The van der Waals surface area contributed by atoms with Gasteiger partial charge < -0.3 is 10.1 Å². The Morgan fingerprint density at radius 2 is 2.16 bits per heavy atom. The molecule has 2 rings (SSSR count). The van der Waals surface area contributed by atoms with Gasteiger partial charge in [0, 0.05) is 13.2 Å². The normalized spacial score (nSPS) is 17.6. The predicted molar refractivity (Wildman–Crippen MR) is 74.4 cm³/mol. The van der Waals surface area contributed by atoms with Crippen molar-refractivity contribution in [3.8, 4) is 0 Å². The Bertz CT molecular complexity index is 427. The van der Waals surface area contributed by atoms with Crippen LogP contribution in [0.4, 0.5) is 0 Å². The summed E-state index contributed by atoms with van der Waals surface area (Å²) in [4.78, 5) is 12.8. The smallest absolute Gasteiger partial charge is 0.265 e. The summed E-state index contributed by atoms with van der Waals surface area (Å²) in [6.07, 6.45) is 5.15. The summed E-state index contributed by atoms with van der Waals surface area (Å²) in [5, 5.41) is 6.96. The van der Waals surface area contributed by atoms with E-state index in [-0.39, 0.29) is 11.5 Å². The van der Waals surface area contributed by atoms with Crippen molar-refractivity contribution < 1.29 is 9.53 Å². The third-order valence-electron chi connectivity index (χ3n) is 3.63. The molecule has 1 aliphatic carbocycles. The van der Waals surface area contributed by atoms with E-state index < -0.39 is 0 Å². The molecule has 1 aromatic heterocycles. The van der Waals surface area contributed by atoms with Gasteiger partial charge in [-0.25, -0.2) is 0 Å². The summed E-state index contributed by atoms with van der Waals surface area (Å²) in [6.45, 7) is 5.26. The minimum Gasteiger partial charge on any atom is -0.373 e. The number of amides is 1. The Balaban J connectivity index is 1.95. The summed E-state index contributed by atoms with van der Waals surface area (Å²) in [6, 6.07) is 0. The van der Waals surface area contributed by atoms with E-state index in [0.717, 1.165) is 36.5 Å². The number of nitrogens with one attached hydrogen (secondary N) is 1. The second-order valence-corrected chi connectivity index (χ2v) is 5.66. The number of aromatic nitrogens is 2. The molecular weight excluding hydrogens is 262 g/mol. The molecule has 1 N–H and O–H groups in total. The molecule has 0 unspecified atom stereocenters. The topological polar surface area (TPSA) is 64.1 Å². The van der Waals surface area contributed by atoms with Crippen LogP contribution >= 0.6 is 11.5 Å². The summed E-state index contributed by atoms with van der Waals surface area (Å²) in [5.41, 5.74) is 0.619. The zero-order valence-electron chi connectivity index (χ0n) is 11.6. The van der Waals surface area contributed by atoms with Crippen molar-refractivity contribution in [3.05, 3.63) is 10.6 Å². The van der Waals surface area contributed by atoms with Crippen LogP contribution in [0, 0.1) is 0 Å². The zero-order valence-corrected chi connectivity index (χ0v) is 12.4. The van der Waals surface area contributed by atoms with E-state index in [9.17, 15) is 4.79 Å². The Morgan fingerprint density at radius 1 is 1.42 bits per heavy atom.